The van der Waals surface area contributed by atoms with E-state index in [9.17, 15) is 4.39 Å². The van der Waals surface area contributed by atoms with Gasteiger partial charge in [0, 0.05) is 18.0 Å². The van der Waals surface area contributed by atoms with Crippen molar-refractivity contribution in [1.29, 1.82) is 0 Å². The average Bonchev–Trinajstić information content (AvgIpc) is 2.66. The molecule has 0 bridgehead atoms. The molecule has 2 rings (SSSR count). The SMILES string of the molecule is Cl.Fc1ccc(CNCc2ccccc2)s1. The number of hydrogen-bond donors (Lipinski definition) is 1. The molecule has 0 saturated carbocycles. The minimum absolute atomic E-state index is 0. The van der Waals surface area contributed by atoms with Crippen LogP contribution in [0.4, 0.5) is 4.39 Å². The van der Waals surface area contributed by atoms with Crippen molar-refractivity contribution < 1.29 is 4.39 Å². The van der Waals surface area contributed by atoms with Gasteiger partial charge in [0.05, 0.1) is 0 Å². The first kappa shape index (κ1) is 13.2. The number of benzene rings is 1. The molecular formula is C12H13ClFNS. The van der Waals surface area contributed by atoms with E-state index in [1.54, 1.807) is 0 Å². The van der Waals surface area contributed by atoms with Crippen molar-refractivity contribution in [1.82, 2.24) is 5.32 Å². The molecule has 1 N–H and O–H groups in total. The Kier molecular flexibility index (Phi) is 5.46. The molecule has 1 aromatic carbocycles. The van der Waals surface area contributed by atoms with Gasteiger partial charge in [-0.15, -0.1) is 23.7 Å². The molecule has 0 amide bonds. The normalized spacial score (nSPS) is 9.81. The van der Waals surface area contributed by atoms with E-state index in [0.717, 1.165) is 18.0 Å². The summed E-state index contributed by atoms with van der Waals surface area (Å²) in [6, 6.07) is 13.5. The third-order valence-corrected chi connectivity index (χ3v) is 2.97. The van der Waals surface area contributed by atoms with Crippen LogP contribution in [0.3, 0.4) is 0 Å². The van der Waals surface area contributed by atoms with Crippen LogP contribution < -0.4 is 5.32 Å². The molecule has 1 nitrogen and oxygen atoms in total. The van der Waals surface area contributed by atoms with Crippen molar-refractivity contribution in [2.75, 3.05) is 0 Å². The Hall–Kier alpha value is -0.900. The molecule has 0 spiro atoms. The zero-order valence-corrected chi connectivity index (χ0v) is 10.3. The van der Waals surface area contributed by atoms with Gasteiger partial charge in [0.15, 0.2) is 5.13 Å². The van der Waals surface area contributed by atoms with E-state index in [0.29, 0.717) is 0 Å². The molecule has 0 fully saturated rings. The van der Waals surface area contributed by atoms with Crippen LogP contribution >= 0.6 is 23.7 Å². The second-order valence-electron chi connectivity index (χ2n) is 3.29. The molecular weight excluding hydrogens is 245 g/mol. The Morgan fingerprint density at radius 2 is 1.75 bits per heavy atom. The maximum Gasteiger partial charge on any atom is 0.176 e. The second-order valence-corrected chi connectivity index (χ2v) is 4.41. The van der Waals surface area contributed by atoms with E-state index >= 15 is 0 Å². The lowest BCUT2D eigenvalue weighted by Crippen LogP contribution is -2.11. The molecule has 0 saturated heterocycles. The van der Waals surface area contributed by atoms with Crippen molar-refractivity contribution in [3.05, 3.63) is 58.0 Å². The first-order valence-corrected chi connectivity index (χ1v) is 5.65. The van der Waals surface area contributed by atoms with Gasteiger partial charge >= 0.3 is 0 Å². The summed E-state index contributed by atoms with van der Waals surface area (Å²) in [5.74, 6) is 0. The average molecular weight is 258 g/mol. The lowest BCUT2D eigenvalue weighted by atomic mass is 10.2. The fourth-order valence-electron chi connectivity index (χ4n) is 1.37. The Morgan fingerprint density at radius 3 is 2.38 bits per heavy atom. The van der Waals surface area contributed by atoms with E-state index < -0.39 is 0 Å². The predicted octanol–water partition coefficient (Wildman–Crippen LogP) is 3.60. The van der Waals surface area contributed by atoms with Gasteiger partial charge in [0.2, 0.25) is 0 Å². The minimum Gasteiger partial charge on any atom is -0.308 e. The fourth-order valence-corrected chi connectivity index (χ4v) is 2.07. The number of rotatable bonds is 4. The first-order valence-electron chi connectivity index (χ1n) is 4.83. The van der Waals surface area contributed by atoms with E-state index in [1.165, 1.54) is 23.0 Å². The molecule has 0 aliphatic heterocycles. The molecule has 0 unspecified atom stereocenters. The van der Waals surface area contributed by atoms with E-state index in [4.69, 9.17) is 0 Å². The first-order chi connectivity index (χ1) is 7.34. The van der Waals surface area contributed by atoms with Crippen molar-refractivity contribution in [3.8, 4) is 0 Å². The van der Waals surface area contributed by atoms with E-state index in [1.807, 2.05) is 24.3 Å². The summed E-state index contributed by atoms with van der Waals surface area (Å²) in [5, 5.41) is 3.16. The van der Waals surface area contributed by atoms with Crippen LogP contribution in [0.5, 0.6) is 0 Å². The maximum absolute atomic E-state index is 12.7. The molecule has 1 heterocycles. The van der Waals surface area contributed by atoms with Crippen LogP contribution in [0.15, 0.2) is 42.5 Å². The van der Waals surface area contributed by atoms with Crippen LogP contribution in [0.25, 0.3) is 0 Å². The van der Waals surface area contributed by atoms with Crippen molar-refractivity contribution in [2.24, 2.45) is 0 Å². The predicted molar refractivity (Wildman–Crippen MR) is 68.5 cm³/mol. The van der Waals surface area contributed by atoms with Crippen LogP contribution in [0, 0.1) is 5.13 Å². The minimum atomic E-state index is -0.119. The monoisotopic (exact) mass is 257 g/mol. The number of halogens is 2. The van der Waals surface area contributed by atoms with Crippen LogP contribution in [-0.2, 0) is 13.1 Å². The highest BCUT2D eigenvalue weighted by Gasteiger charge is 1.98. The third kappa shape index (κ3) is 3.93. The van der Waals surface area contributed by atoms with Crippen molar-refractivity contribution >= 4 is 23.7 Å². The summed E-state index contributed by atoms with van der Waals surface area (Å²) in [4.78, 5) is 1.03. The maximum atomic E-state index is 12.7. The summed E-state index contributed by atoms with van der Waals surface area (Å²) in [6.45, 7) is 1.55. The summed E-state index contributed by atoms with van der Waals surface area (Å²) >= 11 is 1.19. The third-order valence-electron chi connectivity index (χ3n) is 2.10. The van der Waals surface area contributed by atoms with Crippen molar-refractivity contribution in [2.45, 2.75) is 13.1 Å². The smallest absolute Gasteiger partial charge is 0.176 e. The Labute approximate surface area is 105 Å². The molecule has 0 radical (unpaired) electrons. The zero-order valence-electron chi connectivity index (χ0n) is 8.65. The number of nitrogens with one attached hydrogen (secondary N) is 1. The number of hydrogen-bond acceptors (Lipinski definition) is 2. The molecule has 86 valence electrons. The zero-order chi connectivity index (χ0) is 10.5. The lowest BCUT2D eigenvalue weighted by molar-refractivity contribution is 0.657. The topological polar surface area (TPSA) is 12.0 Å². The van der Waals surface area contributed by atoms with Crippen LogP contribution in [0.2, 0.25) is 0 Å². The summed E-state index contributed by atoms with van der Waals surface area (Å²) in [7, 11) is 0. The largest absolute Gasteiger partial charge is 0.308 e. The molecule has 2 aromatic rings. The lowest BCUT2D eigenvalue weighted by Gasteiger charge is -2.02. The number of thiophene rings is 1. The van der Waals surface area contributed by atoms with Crippen LogP contribution in [0.1, 0.15) is 10.4 Å². The van der Waals surface area contributed by atoms with Gasteiger partial charge < -0.3 is 5.32 Å². The standard InChI is InChI=1S/C12H12FNS.ClH/c13-12-7-6-11(15-12)9-14-8-10-4-2-1-3-5-10;/h1-7,14H,8-9H2;1H. The van der Waals surface area contributed by atoms with Gasteiger partial charge in [-0.3, -0.25) is 0 Å². The quantitative estimate of drug-likeness (QED) is 0.883. The Morgan fingerprint density at radius 1 is 1.00 bits per heavy atom. The second kappa shape index (κ2) is 6.63. The van der Waals surface area contributed by atoms with Crippen molar-refractivity contribution in [3.63, 3.8) is 0 Å². The molecule has 1 aromatic heterocycles. The van der Waals surface area contributed by atoms with Gasteiger partial charge in [-0.25, -0.2) is 0 Å². The molecule has 0 aliphatic carbocycles. The molecule has 4 heteroatoms. The van der Waals surface area contributed by atoms with Gasteiger partial charge in [-0.1, -0.05) is 30.3 Å². The highest BCUT2D eigenvalue weighted by atomic mass is 35.5. The van der Waals surface area contributed by atoms with Crippen LogP contribution in [-0.4, -0.2) is 0 Å². The molecule has 0 atom stereocenters. The summed E-state index contributed by atoms with van der Waals surface area (Å²) in [6.07, 6.45) is 0. The molecule has 16 heavy (non-hydrogen) atoms. The molecule has 0 aliphatic rings. The summed E-state index contributed by atoms with van der Waals surface area (Å²) < 4.78 is 12.7. The van der Waals surface area contributed by atoms with E-state index in [2.05, 4.69) is 17.4 Å². The highest BCUT2D eigenvalue weighted by Crippen LogP contribution is 2.13. The fraction of sp³-hybridized carbons (Fsp3) is 0.167. The van der Waals surface area contributed by atoms with E-state index in [-0.39, 0.29) is 17.5 Å². The van der Waals surface area contributed by atoms with Gasteiger partial charge in [0.1, 0.15) is 0 Å². The Balaban J connectivity index is 0.00000128. The summed E-state index contributed by atoms with van der Waals surface area (Å²) in [5.41, 5.74) is 1.24. The Bertz CT molecular complexity index is 416. The van der Waals surface area contributed by atoms with Gasteiger partial charge in [-0.05, 0) is 17.7 Å². The van der Waals surface area contributed by atoms with Gasteiger partial charge in [-0.2, -0.15) is 4.39 Å². The highest BCUT2D eigenvalue weighted by molar-refractivity contribution is 7.10. The van der Waals surface area contributed by atoms with Gasteiger partial charge in [0.25, 0.3) is 0 Å².